The largest absolute Gasteiger partial charge is 0.253 e. The van der Waals surface area contributed by atoms with Crippen LogP contribution in [0.3, 0.4) is 0 Å². The van der Waals surface area contributed by atoms with Crippen molar-refractivity contribution in [3.63, 3.8) is 0 Å². The minimum atomic E-state index is -0.554. The number of fused-ring (bicyclic) bond motifs is 1. The van der Waals surface area contributed by atoms with Crippen molar-refractivity contribution in [3.8, 4) is 0 Å². The Hall–Kier alpha value is -1.22. The monoisotopic (exact) mass is 213 g/mol. The number of hydrogen-bond acceptors (Lipinski definition) is 1. The Labute approximate surface area is 84.3 Å². The highest BCUT2D eigenvalue weighted by Gasteiger charge is 2.12. The Morgan fingerprint density at radius 3 is 2.79 bits per heavy atom. The summed E-state index contributed by atoms with van der Waals surface area (Å²) in [5.41, 5.74) is 0.200. The van der Waals surface area contributed by atoms with Crippen molar-refractivity contribution in [2.75, 3.05) is 0 Å². The number of pyridine rings is 1. The number of aromatic nitrogens is 1. The third kappa shape index (κ3) is 1.24. The molecule has 0 radical (unpaired) electrons. The van der Waals surface area contributed by atoms with Gasteiger partial charge in [0.25, 0.3) is 0 Å². The van der Waals surface area contributed by atoms with Gasteiger partial charge in [0.05, 0.1) is 10.4 Å². The molecule has 0 amide bonds. The Morgan fingerprint density at radius 1 is 1.36 bits per heavy atom. The summed E-state index contributed by atoms with van der Waals surface area (Å²) in [5, 5.41) is 0.224. The van der Waals surface area contributed by atoms with E-state index in [0.29, 0.717) is 0 Å². The zero-order valence-corrected chi connectivity index (χ0v) is 8.07. The van der Waals surface area contributed by atoms with Gasteiger partial charge >= 0.3 is 0 Å². The summed E-state index contributed by atoms with van der Waals surface area (Å²) in [4.78, 5) is 3.74. The molecule has 2 aromatic rings. The molecule has 0 N–H and O–H groups in total. The van der Waals surface area contributed by atoms with Gasteiger partial charge in [-0.2, -0.15) is 0 Å². The molecule has 0 spiro atoms. The van der Waals surface area contributed by atoms with E-state index in [1.54, 1.807) is 0 Å². The lowest BCUT2D eigenvalue weighted by Gasteiger charge is -2.04. The van der Waals surface area contributed by atoms with Crippen LogP contribution in [0, 0.1) is 18.6 Å². The third-order valence-electron chi connectivity index (χ3n) is 2.04. The van der Waals surface area contributed by atoms with E-state index in [-0.39, 0.29) is 21.5 Å². The van der Waals surface area contributed by atoms with E-state index in [4.69, 9.17) is 11.6 Å². The number of aryl methyl sites for hydroxylation is 1. The molecular weight excluding hydrogens is 208 g/mol. The number of nitrogens with zero attached hydrogens (tertiary/aromatic N) is 1. The van der Waals surface area contributed by atoms with E-state index in [1.807, 2.05) is 0 Å². The predicted octanol–water partition coefficient (Wildman–Crippen LogP) is 3.47. The fourth-order valence-electron chi connectivity index (χ4n) is 1.35. The van der Waals surface area contributed by atoms with Crippen LogP contribution in [0.15, 0.2) is 18.3 Å². The molecule has 0 aliphatic heterocycles. The topological polar surface area (TPSA) is 12.9 Å². The molecule has 0 atom stereocenters. The van der Waals surface area contributed by atoms with Crippen LogP contribution < -0.4 is 0 Å². The van der Waals surface area contributed by atoms with Gasteiger partial charge in [0.1, 0.15) is 17.2 Å². The maximum Gasteiger partial charge on any atom is 0.149 e. The van der Waals surface area contributed by atoms with Crippen molar-refractivity contribution in [2.24, 2.45) is 0 Å². The predicted molar refractivity (Wildman–Crippen MR) is 51.4 cm³/mol. The molecule has 0 bridgehead atoms. The summed E-state index contributed by atoms with van der Waals surface area (Å²) in [6.45, 7) is 1.49. The van der Waals surface area contributed by atoms with Crippen LogP contribution in [0.2, 0.25) is 5.02 Å². The summed E-state index contributed by atoms with van der Waals surface area (Å²) in [6.07, 6.45) is 1.35. The van der Waals surface area contributed by atoms with Gasteiger partial charge in [-0.15, -0.1) is 0 Å². The second-order valence-electron chi connectivity index (χ2n) is 3.01. The van der Waals surface area contributed by atoms with Crippen LogP contribution in [0.1, 0.15) is 5.56 Å². The first-order chi connectivity index (χ1) is 6.61. The van der Waals surface area contributed by atoms with Crippen LogP contribution in [0.5, 0.6) is 0 Å². The second-order valence-corrected chi connectivity index (χ2v) is 3.41. The first-order valence-electron chi connectivity index (χ1n) is 4.00. The van der Waals surface area contributed by atoms with E-state index in [2.05, 4.69) is 4.98 Å². The van der Waals surface area contributed by atoms with E-state index in [0.717, 1.165) is 6.07 Å². The maximum absolute atomic E-state index is 13.5. The van der Waals surface area contributed by atoms with Gasteiger partial charge in [-0.05, 0) is 24.6 Å². The van der Waals surface area contributed by atoms with Gasteiger partial charge in [0.15, 0.2) is 0 Å². The van der Waals surface area contributed by atoms with Crippen molar-refractivity contribution >= 4 is 22.5 Å². The Morgan fingerprint density at radius 2 is 2.07 bits per heavy atom. The average molecular weight is 214 g/mol. The molecule has 0 unspecified atom stereocenters. The molecule has 0 saturated heterocycles. The number of hydrogen-bond donors (Lipinski definition) is 0. The SMILES string of the molecule is Cc1cc(F)c2nccc(Cl)c2c1F. The number of halogens is 3. The molecule has 1 heterocycles. The van der Waals surface area contributed by atoms with E-state index in [1.165, 1.54) is 19.2 Å². The fourth-order valence-corrected chi connectivity index (χ4v) is 1.58. The molecule has 0 saturated carbocycles. The van der Waals surface area contributed by atoms with Crippen molar-refractivity contribution in [1.29, 1.82) is 0 Å². The van der Waals surface area contributed by atoms with Gasteiger partial charge in [0.2, 0.25) is 0 Å². The zero-order valence-electron chi connectivity index (χ0n) is 7.31. The van der Waals surface area contributed by atoms with Crippen LogP contribution in [0.4, 0.5) is 8.78 Å². The smallest absolute Gasteiger partial charge is 0.149 e. The highest BCUT2D eigenvalue weighted by Crippen LogP contribution is 2.28. The summed E-state index contributed by atoms with van der Waals surface area (Å²) in [6, 6.07) is 2.55. The summed E-state index contributed by atoms with van der Waals surface area (Å²) in [5.74, 6) is -1.07. The van der Waals surface area contributed by atoms with Crippen LogP contribution in [-0.4, -0.2) is 4.98 Å². The first-order valence-corrected chi connectivity index (χ1v) is 4.38. The molecule has 0 aliphatic rings. The van der Waals surface area contributed by atoms with Gasteiger partial charge in [-0.1, -0.05) is 11.6 Å². The average Bonchev–Trinajstić information content (AvgIpc) is 2.14. The zero-order chi connectivity index (χ0) is 10.3. The Kier molecular flexibility index (Phi) is 2.11. The summed E-state index contributed by atoms with van der Waals surface area (Å²) in [7, 11) is 0. The number of benzene rings is 1. The minimum Gasteiger partial charge on any atom is -0.253 e. The lowest BCUT2D eigenvalue weighted by Crippen LogP contribution is -1.92. The van der Waals surface area contributed by atoms with Gasteiger partial charge in [-0.25, -0.2) is 8.78 Å². The molecule has 1 aromatic heterocycles. The standard InChI is InChI=1S/C10H6ClF2N/c1-5-4-7(12)10-8(9(5)13)6(11)2-3-14-10/h2-4H,1H3. The first kappa shape index (κ1) is 9.34. The summed E-state index contributed by atoms with van der Waals surface area (Å²) >= 11 is 5.76. The lowest BCUT2D eigenvalue weighted by atomic mass is 10.1. The highest BCUT2D eigenvalue weighted by atomic mass is 35.5. The fraction of sp³-hybridized carbons (Fsp3) is 0.100. The van der Waals surface area contributed by atoms with Crippen LogP contribution in [-0.2, 0) is 0 Å². The molecule has 4 heteroatoms. The van der Waals surface area contributed by atoms with Crippen LogP contribution >= 0.6 is 11.6 Å². The Bertz CT molecular complexity index is 511. The molecule has 1 nitrogen and oxygen atoms in total. The van der Waals surface area contributed by atoms with Crippen molar-refractivity contribution in [3.05, 3.63) is 40.6 Å². The van der Waals surface area contributed by atoms with Gasteiger partial charge in [0, 0.05) is 6.20 Å². The molecule has 14 heavy (non-hydrogen) atoms. The normalized spacial score (nSPS) is 10.9. The lowest BCUT2D eigenvalue weighted by molar-refractivity contribution is 0.608. The van der Waals surface area contributed by atoms with Crippen molar-refractivity contribution in [2.45, 2.75) is 6.92 Å². The third-order valence-corrected chi connectivity index (χ3v) is 2.35. The van der Waals surface area contributed by atoms with Crippen molar-refractivity contribution < 1.29 is 8.78 Å². The van der Waals surface area contributed by atoms with Gasteiger partial charge < -0.3 is 0 Å². The maximum atomic E-state index is 13.5. The van der Waals surface area contributed by atoms with E-state index in [9.17, 15) is 8.78 Å². The van der Waals surface area contributed by atoms with E-state index >= 15 is 0 Å². The van der Waals surface area contributed by atoms with Gasteiger partial charge in [-0.3, -0.25) is 4.98 Å². The van der Waals surface area contributed by atoms with Crippen molar-refractivity contribution in [1.82, 2.24) is 4.98 Å². The summed E-state index contributed by atoms with van der Waals surface area (Å²) < 4.78 is 26.9. The van der Waals surface area contributed by atoms with Crippen LogP contribution in [0.25, 0.3) is 10.9 Å². The molecule has 0 fully saturated rings. The second kappa shape index (κ2) is 3.17. The number of rotatable bonds is 0. The highest BCUT2D eigenvalue weighted by molar-refractivity contribution is 6.35. The Balaban J connectivity index is 3.03. The molecule has 2 rings (SSSR count). The molecule has 0 aliphatic carbocycles. The molecular formula is C10H6ClF2N. The van der Waals surface area contributed by atoms with E-state index < -0.39 is 11.6 Å². The molecule has 1 aromatic carbocycles. The minimum absolute atomic E-state index is 0.0272. The quantitative estimate of drug-likeness (QED) is 0.653. The molecule has 72 valence electrons.